The minimum atomic E-state index is -0.849. The van der Waals surface area contributed by atoms with Crippen LogP contribution in [0.5, 0.6) is 0 Å². The Bertz CT molecular complexity index is 1850. The molecule has 0 spiro atoms. The molecule has 0 bridgehead atoms. The van der Waals surface area contributed by atoms with Gasteiger partial charge in [0.25, 0.3) is 0 Å². The number of benzene rings is 4. The number of aliphatic hydroxyl groups excluding tert-OH is 1. The van der Waals surface area contributed by atoms with Gasteiger partial charge in [-0.1, -0.05) is 103 Å². The van der Waals surface area contributed by atoms with Crippen molar-refractivity contribution < 1.29 is 29.3 Å². The lowest BCUT2D eigenvalue weighted by atomic mass is 9.97. The number of aromatic nitrogens is 4. The summed E-state index contributed by atoms with van der Waals surface area (Å²) in [6, 6.07) is 33.6. The van der Waals surface area contributed by atoms with Crippen LogP contribution in [0.25, 0.3) is 16.8 Å². The third kappa shape index (κ3) is 9.21. The van der Waals surface area contributed by atoms with E-state index in [-0.39, 0.29) is 31.1 Å². The quantitative estimate of drug-likeness (QED) is 0.0829. The van der Waals surface area contributed by atoms with E-state index in [2.05, 4.69) is 20.8 Å². The van der Waals surface area contributed by atoms with E-state index in [0.29, 0.717) is 43.1 Å². The van der Waals surface area contributed by atoms with Crippen LogP contribution < -0.4 is 5.32 Å². The van der Waals surface area contributed by atoms with Crippen molar-refractivity contribution in [2.45, 2.75) is 68.9 Å². The fraction of sp³-hybridized carbons (Fsp3) is 0.289. The summed E-state index contributed by atoms with van der Waals surface area (Å²) in [5.74, 6) is -0.343. The number of amides is 1. The van der Waals surface area contributed by atoms with E-state index >= 15 is 0 Å². The third-order valence-corrected chi connectivity index (χ3v) is 9.54. The molecule has 2 heterocycles. The van der Waals surface area contributed by atoms with E-state index in [1.807, 2.05) is 103 Å². The van der Waals surface area contributed by atoms with Crippen LogP contribution in [0.15, 0.2) is 108 Å². The monoisotopic (exact) mass is 693 g/mol. The van der Waals surface area contributed by atoms with Crippen molar-refractivity contribution in [2.24, 2.45) is 0 Å². The summed E-state index contributed by atoms with van der Waals surface area (Å²) in [6.45, 7) is 0.345. The van der Waals surface area contributed by atoms with E-state index < -0.39 is 12.3 Å². The average molecular weight is 694 g/mol. The number of carbonyl (C=O) groups is 2. The lowest BCUT2D eigenvalue weighted by Crippen LogP contribution is -2.31. The smallest absolute Gasteiger partial charge is 0.303 e. The first-order chi connectivity index (χ1) is 24.5. The van der Waals surface area contributed by atoms with Crippen LogP contribution in [0.1, 0.15) is 66.8 Å². The molecule has 0 saturated carbocycles. The zero-order valence-corrected chi connectivity index (χ0v) is 28.2. The molecule has 1 aliphatic heterocycles. The Morgan fingerprint density at radius 3 is 2.34 bits per heavy atom. The number of unbranched alkanes of at least 4 members (excludes halogenated alkanes) is 1. The molecule has 3 atom stereocenters. The number of para-hydroxylation sites is 1. The van der Waals surface area contributed by atoms with E-state index in [9.17, 15) is 14.7 Å². The minimum Gasteiger partial charge on any atom is -0.481 e. The number of rotatable bonds is 15. The summed E-state index contributed by atoms with van der Waals surface area (Å²) >= 11 is 1.53. The summed E-state index contributed by atoms with van der Waals surface area (Å²) in [7, 11) is 0. The number of aliphatic carboxylic acids is 1. The molecule has 1 aromatic heterocycles. The number of tetrazole rings is 1. The number of carboxylic acids is 1. The van der Waals surface area contributed by atoms with Crippen molar-refractivity contribution >= 4 is 23.6 Å². The van der Waals surface area contributed by atoms with Crippen LogP contribution in [-0.4, -0.2) is 54.2 Å². The van der Waals surface area contributed by atoms with Crippen molar-refractivity contribution in [2.75, 3.05) is 5.75 Å². The first-order valence-electron chi connectivity index (χ1n) is 16.6. The molecule has 4 aromatic carbocycles. The van der Waals surface area contributed by atoms with E-state index in [4.69, 9.17) is 14.6 Å². The molecular formula is C38H39N5O6S. The maximum Gasteiger partial charge on any atom is 0.303 e. The highest BCUT2D eigenvalue weighted by atomic mass is 32.2. The fourth-order valence-corrected chi connectivity index (χ4v) is 6.72. The molecule has 1 fully saturated rings. The van der Waals surface area contributed by atoms with Crippen LogP contribution in [0.4, 0.5) is 0 Å². The van der Waals surface area contributed by atoms with Crippen molar-refractivity contribution in [3.63, 3.8) is 0 Å². The number of aliphatic hydroxyl groups is 1. The molecule has 11 nitrogen and oxygen atoms in total. The Labute approximate surface area is 294 Å². The molecule has 3 N–H and O–H groups in total. The van der Waals surface area contributed by atoms with E-state index in [1.54, 1.807) is 4.68 Å². The number of hydrogen-bond acceptors (Lipinski definition) is 9. The average Bonchev–Trinajstić information content (AvgIpc) is 3.64. The second-order valence-electron chi connectivity index (χ2n) is 12.0. The molecule has 0 unspecified atom stereocenters. The summed E-state index contributed by atoms with van der Waals surface area (Å²) < 4.78 is 14.8. The summed E-state index contributed by atoms with van der Waals surface area (Å²) in [5, 5.41) is 34.4. The Kier molecular flexibility index (Phi) is 12.0. The van der Waals surface area contributed by atoms with Gasteiger partial charge in [-0.3, -0.25) is 9.59 Å². The number of carbonyl (C=O) groups excluding carboxylic acids is 1. The minimum absolute atomic E-state index is 0.0244. The lowest BCUT2D eigenvalue weighted by molar-refractivity contribution is -0.245. The van der Waals surface area contributed by atoms with Gasteiger partial charge < -0.3 is 25.0 Å². The number of ether oxygens (including phenoxy) is 2. The second kappa shape index (κ2) is 17.2. The highest BCUT2D eigenvalue weighted by Gasteiger charge is 2.32. The van der Waals surface area contributed by atoms with Crippen LogP contribution in [0.3, 0.4) is 0 Å². The normalized spacial score (nSPS) is 17.3. The van der Waals surface area contributed by atoms with Crippen molar-refractivity contribution in [1.29, 1.82) is 0 Å². The van der Waals surface area contributed by atoms with Crippen molar-refractivity contribution in [3.8, 4) is 16.8 Å². The van der Waals surface area contributed by atoms with Crippen LogP contribution in [-0.2, 0) is 32.2 Å². The second-order valence-corrected chi connectivity index (χ2v) is 13.0. The Morgan fingerprint density at radius 1 is 0.860 bits per heavy atom. The van der Waals surface area contributed by atoms with Gasteiger partial charge >= 0.3 is 5.97 Å². The molecular weight excluding hydrogens is 655 g/mol. The van der Waals surface area contributed by atoms with E-state index in [0.717, 1.165) is 39.1 Å². The van der Waals surface area contributed by atoms with Crippen molar-refractivity contribution in [3.05, 3.63) is 125 Å². The Morgan fingerprint density at radius 2 is 1.58 bits per heavy atom. The summed E-state index contributed by atoms with van der Waals surface area (Å²) in [6.07, 6.45) is 0.982. The zero-order valence-electron chi connectivity index (χ0n) is 27.4. The number of carboxylic acid groups (broad SMARTS) is 1. The Hall–Kier alpha value is -4.88. The van der Waals surface area contributed by atoms with Gasteiger partial charge in [-0.15, -0.1) is 5.10 Å². The molecule has 0 radical (unpaired) electrons. The molecule has 50 heavy (non-hydrogen) atoms. The van der Waals surface area contributed by atoms with Gasteiger partial charge in [0.05, 0.1) is 24.5 Å². The molecule has 6 rings (SSSR count). The standard InChI is InChI=1S/C38H39N5O6S/c44-24-26-14-16-28(17-15-26)34-22-32(25-50-38-40-41-42-43(38)31-9-2-1-3-10-31)48-37(49-34)29-20-18-27(19-21-29)33-11-5-4-8-30(33)23-39-35(45)12-6-7-13-36(46)47/h1-5,8-11,14-21,32,34,37,44H,6-7,12-13,22-25H2,(H,39,45)(H,46,47)/t32-,34+,37+/m0/s1. The molecule has 5 aromatic rings. The van der Waals surface area contributed by atoms with Gasteiger partial charge in [0.2, 0.25) is 11.1 Å². The summed E-state index contributed by atoms with van der Waals surface area (Å²) in [5.41, 5.74) is 6.57. The maximum absolute atomic E-state index is 12.4. The number of nitrogens with one attached hydrogen (secondary N) is 1. The predicted octanol–water partition coefficient (Wildman–Crippen LogP) is 6.42. The largest absolute Gasteiger partial charge is 0.481 e. The van der Waals surface area contributed by atoms with Gasteiger partial charge in [-0.2, -0.15) is 4.68 Å². The highest BCUT2D eigenvalue weighted by molar-refractivity contribution is 7.99. The highest BCUT2D eigenvalue weighted by Crippen LogP contribution is 2.40. The number of nitrogens with zero attached hydrogens (tertiary/aromatic N) is 4. The van der Waals surface area contributed by atoms with Crippen LogP contribution in [0.2, 0.25) is 0 Å². The first kappa shape index (κ1) is 35.0. The summed E-state index contributed by atoms with van der Waals surface area (Å²) in [4.78, 5) is 23.1. The van der Waals surface area contributed by atoms with Crippen LogP contribution in [0, 0.1) is 0 Å². The molecule has 12 heteroatoms. The van der Waals surface area contributed by atoms with Gasteiger partial charge in [-0.05, 0) is 63.2 Å². The third-order valence-electron chi connectivity index (χ3n) is 8.49. The number of hydrogen-bond donors (Lipinski definition) is 3. The zero-order chi connectivity index (χ0) is 34.7. The predicted molar refractivity (Wildman–Crippen MR) is 188 cm³/mol. The Balaban J connectivity index is 1.15. The molecule has 258 valence electrons. The van der Waals surface area contributed by atoms with Gasteiger partial charge in [0.1, 0.15) is 0 Å². The van der Waals surface area contributed by atoms with Gasteiger partial charge in [-0.25, -0.2) is 0 Å². The molecule has 1 amide bonds. The van der Waals surface area contributed by atoms with Gasteiger partial charge in [0.15, 0.2) is 6.29 Å². The first-order valence-corrected chi connectivity index (χ1v) is 17.6. The maximum atomic E-state index is 12.4. The SMILES string of the molecule is O=C(O)CCCCC(=O)NCc1ccccc1-c1ccc([C@@H]2O[C@H](CSc3nnnn3-c3ccccc3)C[C@H](c3ccc(CO)cc3)O2)cc1. The molecule has 0 aliphatic carbocycles. The van der Waals surface area contributed by atoms with Crippen molar-refractivity contribution in [1.82, 2.24) is 25.5 Å². The van der Waals surface area contributed by atoms with Gasteiger partial charge in [0, 0.05) is 37.1 Å². The molecule has 1 saturated heterocycles. The lowest BCUT2D eigenvalue weighted by Gasteiger charge is -2.36. The number of thioether (sulfide) groups is 1. The molecule has 1 aliphatic rings. The fourth-order valence-electron chi connectivity index (χ4n) is 5.81. The topological polar surface area (TPSA) is 149 Å². The van der Waals surface area contributed by atoms with Crippen LogP contribution >= 0.6 is 11.8 Å². The van der Waals surface area contributed by atoms with E-state index in [1.165, 1.54) is 11.8 Å².